The zero-order chi connectivity index (χ0) is 16.5. The van der Waals surface area contributed by atoms with E-state index in [9.17, 15) is 9.59 Å². The van der Waals surface area contributed by atoms with Crippen LogP contribution in [0.1, 0.15) is 25.3 Å². The van der Waals surface area contributed by atoms with Crippen molar-refractivity contribution in [3.63, 3.8) is 0 Å². The largest absolute Gasteiger partial charge is 0.468 e. The molecule has 0 spiro atoms. The SMILES string of the molecule is COC(=O)C(C(=O)OC)C(C)(c1ccc(Cl)c(N)c1)C1CC1. The van der Waals surface area contributed by atoms with Crippen molar-refractivity contribution in [3.8, 4) is 0 Å². The van der Waals surface area contributed by atoms with Crippen LogP contribution in [0.5, 0.6) is 0 Å². The van der Waals surface area contributed by atoms with E-state index in [2.05, 4.69) is 0 Å². The lowest BCUT2D eigenvalue weighted by Crippen LogP contribution is -2.45. The van der Waals surface area contributed by atoms with E-state index in [1.807, 2.05) is 6.92 Å². The Hall–Kier alpha value is -1.75. The van der Waals surface area contributed by atoms with Gasteiger partial charge in [-0.3, -0.25) is 9.59 Å². The Labute approximate surface area is 134 Å². The second-order valence-electron chi connectivity index (χ2n) is 5.77. The third kappa shape index (κ3) is 2.77. The molecule has 120 valence electrons. The summed E-state index contributed by atoms with van der Waals surface area (Å²) in [5.41, 5.74) is 6.36. The molecule has 1 saturated carbocycles. The standard InChI is InChI=1S/C16H20ClNO4/c1-16(9-4-5-9,10-6-7-11(17)12(18)8-10)13(14(19)21-2)15(20)22-3/h6-9,13H,4-5,18H2,1-3H3. The lowest BCUT2D eigenvalue weighted by molar-refractivity contribution is -0.163. The Kier molecular flexibility index (Phi) is 4.66. The van der Waals surface area contributed by atoms with Crippen LogP contribution in [-0.2, 0) is 24.5 Å². The van der Waals surface area contributed by atoms with Crippen molar-refractivity contribution in [1.82, 2.24) is 0 Å². The number of hydrogen-bond donors (Lipinski definition) is 1. The summed E-state index contributed by atoms with van der Waals surface area (Å²) in [5.74, 6) is -2.05. The molecule has 5 nitrogen and oxygen atoms in total. The van der Waals surface area contributed by atoms with Gasteiger partial charge in [-0.05, 0) is 36.5 Å². The van der Waals surface area contributed by atoms with Gasteiger partial charge >= 0.3 is 11.9 Å². The van der Waals surface area contributed by atoms with E-state index in [4.69, 9.17) is 26.8 Å². The Bertz CT molecular complexity index is 584. The molecule has 22 heavy (non-hydrogen) atoms. The lowest BCUT2D eigenvalue weighted by atomic mass is 9.68. The normalized spacial score (nSPS) is 17.0. The molecule has 1 unspecified atom stereocenters. The number of nitrogens with two attached hydrogens (primary N) is 1. The van der Waals surface area contributed by atoms with Gasteiger partial charge in [0, 0.05) is 5.41 Å². The topological polar surface area (TPSA) is 78.6 Å². The highest BCUT2D eigenvalue weighted by atomic mass is 35.5. The number of hydrogen-bond acceptors (Lipinski definition) is 5. The fraction of sp³-hybridized carbons (Fsp3) is 0.500. The van der Waals surface area contributed by atoms with Crippen LogP contribution in [0.15, 0.2) is 18.2 Å². The summed E-state index contributed by atoms with van der Waals surface area (Å²) in [6.07, 6.45) is 1.87. The summed E-state index contributed by atoms with van der Waals surface area (Å²) in [5, 5.41) is 0.439. The maximum absolute atomic E-state index is 12.2. The van der Waals surface area contributed by atoms with E-state index < -0.39 is 23.3 Å². The molecule has 0 saturated heterocycles. The third-order valence-electron chi connectivity index (χ3n) is 4.52. The zero-order valence-electron chi connectivity index (χ0n) is 12.9. The van der Waals surface area contributed by atoms with E-state index in [1.54, 1.807) is 18.2 Å². The number of ether oxygens (including phenoxy) is 2. The number of rotatable bonds is 5. The molecule has 2 N–H and O–H groups in total. The lowest BCUT2D eigenvalue weighted by Gasteiger charge is -2.35. The first-order valence-corrected chi connectivity index (χ1v) is 7.45. The average molecular weight is 326 g/mol. The molecule has 1 aromatic rings. The fourth-order valence-corrected chi connectivity index (χ4v) is 3.14. The highest BCUT2D eigenvalue weighted by molar-refractivity contribution is 6.33. The average Bonchev–Trinajstić information content (AvgIpc) is 3.34. The Morgan fingerprint density at radius 3 is 2.23 bits per heavy atom. The van der Waals surface area contributed by atoms with E-state index in [-0.39, 0.29) is 5.92 Å². The van der Waals surface area contributed by atoms with Gasteiger partial charge in [-0.1, -0.05) is 24.6 Å². The van der Waals surface area contributed by atoms with Crippen LogP contribution >= 0.6 is 11.6 Å². The minimum Gasteiger partial charge on any atom is -0.468 e. The zero-order valence-corrected chi connectivity index (χ0v) is 13.6. The second kappa shape index (κ2) is 6.16. The van der Waals surface area contributed by atoms with Gasteiger partial charge in [-0.15, -0.1) is 0 Å². The molecule has 1 aromatic carbocycles. The molecule has 0 heterocycles. The molecule has 0 aromatic heterocycles. The number of benzene rings is 1. The van der Waals surface area contributed by atoms with E-state index in [0.717, 1.165) is 18.4 Å². The van der Waals surface area contributed by atoms with Crippen LogP contribution in [0.2, 0.25) is 5.02 Å². The first kappa shape index (κ1) is 16.6. The maximum atomic E-state index is 12.2. The fourth-order valence-electron chi connectivity index (χ4n) is 3.02. The molecule has 2 rings (SSSR count). The first-order chi connectivity index (χ1) is 10.4. The van der Waals surface area contributed by atoms with Crippen molar-refractivity contribution in [2.75, 3.05) is 20.0 Å². The Morgan fingerprint density at radius 2 is 1.82 bits per heavy atom. The minimum absolute atomic E-state index is 0.191. The van der Waals surface area contributed by atoms with Crippen LogP contribution in [0, 0.1) is 11.8 Å². The van der Waals surface area contributed by atoms with Crippen molar-refractivity contribution in [1.29, 1.82) is 0 Å². The van der Waals surface area contributed by atoms with Crippen molar-refractivity contribution in [3.05, 3.63) is 28.8 Å². The summed E-state index contributed by atoms with van der Waals surface area (Å²) < 4.78 is 9.68. The van der Waals surface area contributed by atoms with Gasteiger partial charge in [0.15, 0.2) is 5.92 Å². The minimum atomic E-state index is -1.03. The number of anilines is 1. The van der Waals surface area contributed by atoms with Gasteiger partial charge in [-0.25, -0.2) is 0 Å². The quantitative estimate of drug-likeness (QED) is 0.511. The summed E-state index contributed by atoms with van der Waals surface area (Å²) >= 11 is 5.98. The van der Waals surface area contributed by atoms with Gasteiger partial charge < -0.3 is 15.2 Å². The molecule has 0 radical (unpaired) electrons. The number of carbonyl (C=O) groups excluding carboxylic acids is 2. The summed E-state index contributed by atoms with van der Waals surface area (Å²) in [4.78, 5) is 24.5. The molecular formula is C16H20ClNO4. The maximum Gasteiger partial charge on any atom is 0.320 e. The smallest absolute Gasteiger partial charge is 0.320 e. The molecule has 0 aliphatic heterocycles. The predicted octanol–water partition coefficient (Wildman–Crippen LogP) is 2.55. The van der Waals surface area contributed by atoms with Crippen LogP contribution in [0.25, 0.3) is 0 Å². The first-order valence-electron chi connectivity index (χ1n) is 7.07. The second-order valence-corrected chi connectivity index (χ2v) is 6.18. The third-order valence-corrected chi connectivity index (χ3v) is 4.86. The van der Waals surface area contributed by atoms with Crippen molar-refractivity contribution < 1.29 is 19.1 Å². The van der Waals surface area contributed by atoms with Crippen LogP contribution in [0.3, 0.4) is 0 Å². The monoisotopic (exact) mass is 325 g/mol. The van der Waals surface area contributed by atoms with Gasteiger partial charge in [0.2, 0.25) is 0 Å². The highest BCUT2D eigenvalue weighted by Crippen LogP contribution is 2.52. The number of nitrogen functional groups attached to an aromatic ring is 1. The molecular weight excluding hydrogens is 306 g/mol. The van der Waals surface area contributed by atoms with Crippen LogP contribution < -0.4 is 5.73 Å². The Morgan fingerprint density at radius 1 is 1.27 bits per heavy atom. The summed E-state index contributed by atoms with van der Waals surface area (Å²) in [6, 6.07) is 5.20. The van der Waals surface area contributed by atoms with E-state index in [0.29, 0.717) is 10.7 Å². The summed E-state index contributed by atoms with van der Waals surface area (Å²) in [6.45, 7) is 1.88. The molecule has 0 amide bonds. The number of methoxy groups -OCH3 is 2. The van der Waals surface area contributed by atoms with Gasteiger partial charge in [-0.2, -0.15) is 0 Å². The summed E-state index contributed by atoms with van der Waals surface area (Å²) in [7, 11) is 2.53. The Balaban J connectivity index is 2.56. The molecule has 1 aliphatic carbocycles. The van der Waals surface area contributed by atoms with Crippen molar-refractivity contribution in [2.45, 2.75) is 25.2 Å². The number of carbonyl (C=O) groups is 2. The molecule has 1 fully saturated rings. The number of halogens is 1. The molecule has 0 bridgehead atoms. The van der Waals surface area contributed by atoms with Crippen molar-refractivity contribution in [2.24, 2.45) is 11.8 Å². The molecule has 6 heteroatoms. The van der Waals surface area contributed by atoms with Crippen LogP contribution in [0.4, 0.5) is 5.69 Å². The highest BCUT2D eigenvalue weighted by Gasteiger charge is 2.55. The van der Waals surface area contributed by atoms with Gasteiger partial charge in [0.25, 0.3) is 0 Å². The molecule has 1 aliphatic rings. The number of esters is 2. The molecule has 1 atom stereocenters. The van der Waals surface area contributed by atoms with E-state index >= 15 is 0 Å². The van der Waals surface area contributed by atoms with Gasteiger partial charge in [0.1, 0.15) is 0 Å². The van der Waals surface area contributed by atoms with Gasteiger partial charge in [0.05, 0.1) is 24.9 Å². The predicted molar refractivity (Wildman–Crippen MR) is 83.5 cm³/mol. The van der Waals surface area contributed by atoms with Crippen LogP contribution in [-0.4, -0.2) is 26.2 Å². The van der Waals surface area contributed by atoms with E-state index in [1.165, 1.54) is 14.2 Å². The van der Waals surface area contributed by atoms with Crippen molar-refractivity contribution >= 4 is 29.2 Å².